The third-order valence-electron chi connectivity index (χ3n) is 5.12. The average molecular weight is 539 g/mol. The van der Waals surface area contributed by atoms with E-state index in [2.05, 4.69) is 25.3 Å². The molecule has 2 aliphatic rings. The van der Waals surface area contributed by atoms with Crippen molar-refractivity contribution in [3.05, 3.63) is 65.9 Å². The number of aliphatic hydroxyl groups is 1. The van der Waals surface area contributed by atoms with Crippen LogP contribution in [0.25, 0.3) is 0 Å². The fourth-order valence-electron chi connectivity index (χ4n) is 3.27. The van der Waals surface area contributed by atoms with Gasteiger partial charge in [0, 0.05) is 18.1 Å². The zero-order valence-corrected chi connectivity index (χ0v) is 18.0. The number of pyridine rings is 2. The van der Waals surface area contributed by atoms with Crippen molar-refractivity contribution >= 4 is 17.9 Å². The van der Waals surface area contributed by atoms with Crippen LogP contribution in [0.2, 0.25) is 0 Å². The number of halogens is 9. The van der Waals surface area contributed by atoms with Gasteiger partial charge in [0.05, 0.1) is 6.54 Å². The van der Waals surface area contributed by atoms with Crippen molar-refractivity contribution in [3.8, 4) is 0 Å². The number of nitrogens with one attached hydrogen (secondary N) is 1. The molecule has 0 aliphatic carbocycles. The molecule has 2 aromatic heterocycles. The quantitative estimate of drug-likeness (QED) is 0.571. The zero-order chi connectivity index (χ0) is 27.2. The lowest BCUT2D eigenvalue weighted by molar-refractivity contribution is -0.242. The molecule has 2 N–H and O–H groups in total. The first-order chi connectivity index (χ1) is 17.1. The van der Waals surface area contributed by atoms with E-state index in [0.29, 0.717) is 18.2 Å². The Morgan fingerprint density at radius 2 is 1.68 bits per heavy atom. The van der Waals surface area contributed by atoms with Crippen LogP contribution in [0.3, 0.4) is 0 Å². The van der Waals surface area contributed by atoms with Gasteiger partial charge in [0.25, 0.3) is 0 Å². The van der Waals surface area contributed by atoms with Gasteiger partial charge in [-0.05, 0) is 30.3 Å². The summed E-state index contributed by atoms with van der Waals surface area (Å²) in [7, 11) is 0. The molecule has 17 heteroatoms. The number of amidine groups is 1. The molecule has 0 saturated carbocycles. The molecule has 0 aromatic carbocycles. The molecule has 0 saturated heterocycles. The highest BCUT2D eigenvalue weighted by Gasteiger charge is 2.56. The van der Waals surface area contributed by atoms with Crippen LogP contribution < -0.4 is 5.32 Å². The maximum Gasteiger partial charge on any atom is 0.433 e. The average Bonchev–Trinajstić information content (AvgIpc) is 3.21. The van der Waals surface area contributed by atoms with Crippen molar-refractivity contribution in [2.75, 3.05) is 11.9 Å². The van der Waals surface area contributed by atoms with Crippen LogP contribution in [0.5, 0.6) is 0 Å². The monoisotopic (exact) mass is 539 g/mol. The van der Waals surface area contributed by atoms with Crippen LogP contribution >= 0.6 is 0 Å². The highest BCUT2D eigenvalue weighted by molar-refractivity contribution is 6.02. The maximum absolute atomic E-state index is 13.3. The first-order valence-corrected chi connectivity index (χ1v) is 10.1. The Bertz CT molecular complexity index is 1260. The summed E-state index contributed by atoms with van der Waals surface area (Å²) in [5.74, 6) is -0.390. The number of hydrogen-bond acceptors (Lipinski definition) is 8. The number of hydrogen-bond donors (Lipinski definition) is 2. The van der Waals surface area contributed by atoms with E-state index < -0.39 is 48.4 Å². The van der Waals surface area contributed by atoms with E-state index in [4.69, 9.17) is 0 Å². The highest BCUT2D eigenvalue weighted by Crippen LogP contribution is 2.37. The Morgan fingerprint density at radius 3 is 2.30 bits per heavy atom. The molecular weight excluding hydrogens is 525 g/mol. The first kappa shape index (κ1) is 26.2. The van der Waals surface area contributed by atoms with Gasteiger partial charge in [-0.15, -0.1) is 0 Å². The maximum atomic E-state index is 13.3. The van der Waals surface area contributed by atoms with Gasteiger partial charge in [-0.1, -0.05) is 6.07 Å². The van der Waals surface area contributed by atoms with Crippen LogP contribution in [-0.4, -0.2) is 61.9 Å². The molecule has 0 radical (unpaired) electrons. The van der Waals surface area contributed by atoms with E-state index in [1.54, 1.807) is 0 Å². The lowest BCUT2D eigenvalue weighted by Gasteiger charge is -2.38. The summed E-state index contributed by atoms with van der Waals surface area (Å²) in [5, 5.41) is 14.2. The summed E-state index contributed by atoms with van der Waals surface area (Å²) in [6.07, 6.45) is -13.2. The summed E-state index contributed by atoms with van der Waals surface area (Å²) >= 11 is 0. The fraction of sp³-hybridized carbons (Fsp3) is 0.300. The minimum Gasteiger partial charge on any atom is -0.375 e. The number of nitrogens with zero attached hydrogens (tertiary/aromatic N) is 6. The zero-order valence-electron chi connectivity index (χ0n) is 18.0. The number of anilines is 1. The summed E-state index contributed by atoms with van der Waals surface area (Å²) in [6.45, 7) is -1.06. The van der Waals surface area contributed by atoms with Crippen LogP contribution in [0.15, 0.2) is 58.8 Å². The first-order valence-electron chi connectivity index (χ1n) is 10.1. The van der Waals surface area contributed by atoms with Gasteiger partial charge in [-0.25, -0.2) is 20.0 Å². The van der Waals surface area contributed by atoms with E-state index in [9.17, 15) is 44.6 Å². The SMILES string of the molecule is OC1(C(F)(F)F)C=CN(N2C=NC(c3cccc(C(F)(F)F)n3)=NC2Nc2ccnc(C(F)(F)F)c2)C1. The van der Waals surface area contributed by atoms with E-state index >= 15 is 0 Å². The Kier molecular flexibility index (Phi) is 6.29. The molecule has 0 amide bonds. The summed E-state index contributed by atoms with van der Waals surface area (Å²) < 4.78 is 118. The molecule has 8 nitrogen and oxygen atoms in total. The molecule has 4 rings (SSSR count). The molecule has 2 unspecified atom stereocenters. The minimum atomic E-state index is -5.06. The van der Waals surface area contributed by atoms with Crippen molar-refractivity contribution in [1.29, 1.82) is 0 Å². The minimum absolute atomic E-state index is 0.220. The van der Waals surface area contributed by atoms with Gasteiger partial charge in [0.15, 0.2) is 11.4 Å². The number of aliphatic imine (C=N–C) groups is 2. The Hall–Kier alpha value is -3.89. The van der Waals surface area contributed by atoms with Gasteiger partial charge in [-0.3, -0.25) is 9.99 Å². The molecular formula is C20H14F9N7O. The molecule has 0 fully saturated rings. The second kappa shape index (κ2) is 8.89. The molecule has 0 spiro atoms. The predicted molar refractivity (Wildman–Crippen MR) is 110 cm³/mol. The number of alkyl halides is 9. The van der Waals surface area contributed by atoms with E-state index in [1.807, 2.05) is 0 Å². The van der Waals surface area contributed by atoms with E-state index in [0.717, 1.165) is 47.0 Å². The third-order valence-corrected chi connectivity index (χ3v) is 5.12. The Balaban J connectivity index is 1.69. The lowest BCUT2D eigenvalue weighted by atomic mass is 10.1. The van der Waals surface area contributed by atoms with Gasteiger partial charge >= 0.3 is 18.5 Å². The van der Waals surface area contributed by atoms with E-state index in [1.165, 1.54) is 0 Å². The van der Waals surface area contributed by atoms with Gasteiger partial charge < -0.3 is 10.4 Å². The standard InChI is InChI=1S/C20H14F9N7O/c21-18(22,23)13-3-1-2-12(33-13)15-31-10-36(35-7-5-17(37,9-35)20(27,28)29)16(34-15)32-11-4-6-30-14(8-11)19(24,25)26/h1-8,10,16,37H,9H2,(H,30,32). The second-order valence-electron chi connectivity index (χ2n) is 7.76. The van der Waals surface area contributed by atoms with Crippen molar-refractivity contribution < 1.29 is 44.6 Å². The third kappa shape index (κ3) is 5.45. The van der Waals surface area contributed by atoms with Crippen molar-refractivity contribution in [2.24, 2.45) is 9.98 Å². The lowest BCUT2D eigenvalue weighted by Crippen LogP contribution is -2.55. The number of aromatic nitrogens is 2. The molecule has 2 aliphatic heterocycles. The highest BCUT2D eigenvalue weighted by atomic mass is 19.4. The fourth-order valence-corrected chi connectivity index (χ4v) is 3.27. The van der Waals surface area contributed by atoms with Crippen molar-refractivity contribution in [2.45, 2.75) is 30.4 Å². The van der Waals surface area contributed by atoms with E-state index in [-0.39, 0.29) is 17.2 Å². The Labute approximate surface area is 201 Å². The summed E-state index contributed by atoms with van der Waals surface area (Å²) in [4.78, 5) is 14.6. The number of β-amino-alcohol motifs (C(OH)–C–C–N with tert-alkyl or cyclic N) is 1. The number of rotatable bonds is 4. The summed E-state index contributed by atoms with van der Waals surface area (Å²) in [5.41, 5.74) is -6.38. The van der Waals surface area contributed by atoms with Gasteiger partial charge in [-0.2, -0.15) is 39.5 Å². The molecule has 4 heterocycles. The molecule has 0 bridgehead atoms. The van der Waals surface area contributed by atoms with Crippen LogP contribution in [-0.2, 0) is 12.4 Å². The van der Waals surface area contributed by atoms with Crippen molar-refractivity contribution in [1.82, 2.24) is 20.0 Å². The second-order valence-corrected chi connectivity index (χ2v) is 7.76. The smallest absolute Gasteiger partial charge is 0.375 e. The van der Waals surface area contributed by atoms with Crippen LogP contribution in [0, 0.1) is 0 Å². The molecule has 198 valence electrons. The predicted octanol–water partition coefficient (Wildman–Crippen LogP) is 4.04. The molecule has 2 aromatic rings. The molecule has 2 atom stereocenters. The Morgan fingerprint density at radius 1 is 0.973 bits per heavy atom. The topological polar surface area (TPSA) is 89.2 Å². The van der Waals surface area contributed by atoms with Crippen LogP contribution in [0.4, 0.5) is 45.2 Å². The number of hydrazine groups is 1. The largest absolute Gasteiger partial charge is 0.433 e. The van der Waals surface area contributed by atoms with Crippen LogP contribution in [0.1, 0.15) is 17.1 Å². The van der Waals surface area contributed by atoms with Gasteiger partial charge in [0.2, 0.25) is 6.29 Å². The van der Waals surface area contributed by atoms with Crippen molar-refractivity contribution in [3.63, 3.8) is 0 Å². The normalized spacial score (nSPS) is 22.4. The summed E-state index contributed by atoms with van der Waals surface area (Å²) in [6, 6.07) is 4.59. The molecule has 37 heavy (non-hydrogen) atoms. The van der Waals surface area contributed by atoms with Gasteiger partial charge in [0.1, 0.15) is 23.4 Å².